The molecule has 1 heterocycles. The van der Waals surface area contributed by atoms with Gasteiger partial charge in [0.15, 0.2) is 10.1 Å². The maximum absolute atomic E-state index is 11.9. The van der Waals surface area contributed by atoms with Gasteiger partial charge in [0.2, 0.25) is 11.0 Å². The van der Waals surface area contributed by atoms with E-state index in [0.717, 1.165) is 33.8 Å². The van der Waals surface area contributed by atoms with Crippen LogP contribution in [0.2, 0.25) is 0 Å². The summed E-state index contributed by atoms with van der Waals surface area (Å²) >= 11 is 0. The summed E-state index contributed by atoms with van der Waals surface area (Å²) in [5.41, 5.74) is -1.20. The van der Waals surface area contributed by atoms with Gasteiger partial charge in [-0.1, -0.05) is 42.5 Å². The van der Waals surface area contributed by atoms with Crippen molar-refractivity contribution < 1.29 is 45.4 Å². The lowest BCUT2D eigenvalue weighted by Crippen LogP contribution is -2.30. The van der Waals surface area contributed by atoms with E-state index in [1.54, 1.807) is 24.3 Å². The number of para-hydroxylation sites is 1. The third-order valence-corrected chi connectivity index (χ3v) is 5.60. The maximum Gasteiger partial charge on any atom is 0.485 e. The van der Waals surface area contributed by atoms with E-state index in [9.17, 15) is 27.9 Å². The van der Waals surface area contributed by atoms with E-state index < -0.39 is 21.6 Å². The highest BCUT2D eigenvalue weighted by Gasteiger charge is 2.36. The first-order valence-corrected chi connectivity index (χ1v) is 10.9. The number of carbonyl (C=O) groups is 2. The van der Waals surface area contributed by atoms with Gasteiger partial charge < -0.3 is 9.66 Å². The molecule has 0 radical (unpaired) electrons. The molecule has 0 amide bonds. The third-order valence-electron chi connectivity index (χ3n) is 5.04. The number of pyridine rings is 1. The Bertz CT molecular complexity index is 1510. The van der Waals surface area contributed by atoms with Gasteiger partial charge in [-0.05, 0) is 17.7 Å². The molecular formula is C23H16F3NO6S. The van der Waals surface area contributed by atoms with Crippen LogP contribution < -0.4 is 4.57 Å². The average molecular weight is 491 g/mol. The van der Waals surface area contributed by atoms with Crippen molar-refractivity contribution in [1.29, 1.82) is 0 Å². The molecular weight excluding hydrogens is 475 g/mol. The van der Waals surface area contributed by atoms with E-state index in [1.807, 2.05) is 54.1 Å². The van der Waals surface area contributed by atoms with E-state index in [1.165, 1.54) is 0 Å². The normalized spacial score (nSPS) is 11.7. The van der Waals surface area contributed by atoms with Gasteiger partial charge >= 0.3 is 11.5 Å². The zero-order valence-electron chi connectivity index (χ0n) is 17.4. The maximum atomic E-state index is 11.9. The molecule has 11 heteroatoms. The van der Waals surface area contributed by atoms with Gasteiger partial charge in [-0.3, -0.25) is 4.79 Å². The number of carbonyl (C=O) groups excluding carboxylic acids is 1. The van der Waals surface area contributed by atoms with Gasteiger partial charge in [0.25, 0.3) is 0 Å². The Kier molecular flexibility index (Phi) is 6.71. The molecule has 0 spiro atoms. The second-order valence-electron chi connectivity index (χ2n) is 7.10. The fourth-order valence-electron chi connectivity index (χ4n) is 3.53. The molecule has 4 rings (SSSR count). The number of halogens is 3. The Labute approximate surface area is 191 Å². The number of carboxylic acids is 1. The number of hydrogen-bond acceptors (Lipinski definition) is 5. The standard InChI is InChI=1S/C22H15NO3.CHF3O3S/c1-23-18-7-3-2-5-16(18)20(15-11-9-14(13-24)10-12-15)21-17(22(25)26)6-4-8-19(21)23;2-1(3,4)8(5,6)7/h2-13H,1H3;(H,5,6,7). The number of nitrogens with zero attached hydrogens (tertiary/aromatic N) is 1. The van der Waals surface area contributed by atoms with Gasteiger partial charge in [-0.15, -0.1) is 0 Å². The van der Waals surface area contributed by atoms with Crippen molar-refractivity contribution in [2.45, 2.75) is 5.51 Å². The van der Waals surface area contributed by atoms with Crippen molar-refractivity contribution in [3.05, 3.63) is 77.9 Å². The van der Waals surface area contributed by atoms with Crippen LogP contribution in [0.15, 0.2) is 66.7 Å². The minimum atomic E-state index is -6.09. The van der Waals surface area contributed by atoms with Crippen LogP contribution in [0.25, 0.3) is 32.9 Å². The molecule has 0 atom stereocenters. The van der Waals surface area contributed by atoms with Gasteiger partial charge in [-0.25, -0.2) is 13.2 Å². The zero-order valence-corrected chi connectivity index (χ0v) is 18.2. The molecule has 0 bridgehead atoms. The molecule has 1 N–H and O–H groups in total. The Morgan fingerprint density at radius 1 is 0.971 bits per heavy atom. The van der Waals surface area contributed by atoms with E-state index >= 15 is 0 Å². The number of fused-ring (bicyclic) bond motifs is 2. The summed E-state index contributed by atoms with van der Waals surface area (Å²) in [6.45, 7) is 0. The Balaban J connectivity index is 0.000000350. The highest BCUT2D eigenvalue weighted by atomic mass is 32.2. The van der Waals surface area contributed by atoms with Crippen LogP contribution in [0.4, 0.5) is 13.2 Å². The van der Waals surface area contributed by atoms with Crippen molar-refractivity contribution in [2.24, 2.45) is 7.05 Å². The van der Waals surface area contributed by atoms with Crippen molar-refractivity contribution in [2.75, 3.05) is 0 Å². The number of alkyl halides is 3. The van der Waals surface area contributed by atoms with E-state index in [-0.39, 0.29) is 5.56 Å². The van der Waals surface area contributed by atoms with Gasteiger partial charge in [-0.2, -0.15) is 17.7 Å². The van der Waals surface area contributed by atoms with Crippen molar-refractivity contribution in [1.82, 2.24) is 0 Å². The molecule has 1 aromatic heterocycles. The van der Waals surface area contributed by atoms with E-state index in [0.29, 0.717) is 10.9 Å². The summed E-state index contributed by atoms with van der Waals surface area (Å²) in [4.78, 5) is 22.9. The summed E-state index contributed by atoms with van der Waals surface area (Å²) < 4.78 is 60.9. The number of aldehydes is 1. The highest BCUT2D eigenvalue weighted by molar-refractivity contribution is 7.86. The topological polar surface area (TPSA) is 115 Å². The number of aromatic nitrogens is 1. The minimum Gasteiger partial charge on any atom is -0.741 e. The molecule has 0 aliphatic rings. The van der Waals surface area contributed by atoms with Gasteiger partial charge in [0.1, 0.15) is 13.3 Å². The monoisotopic (exact) mass is 491 g/mol. The molecule has 7 nitrogen and oxygen atoms in total. The Morgan fingerprint density at radius 3 is 2.06 bits per heavy atom. The quantitative estimate of drug-likeness (QED) is 0.152. The van der Waals surface area contributed by atoms with Crippen LogP contribution in [-0.4, -0.2) is 35.8 Å². The zero-order chi connectivity index (χ0) is 25.3. The number of aromatic carboxylic acids is 1. The van der Waals surface area contributed by atoms with Crippen LogP contribution in [0, 0.1) is 0 Å². The lowest BCUT2D eigenvalue weighted by molar-refractivity contribution is -0.617. The molecule has 0 aliphatic carbocycles. The van der Waals surface area contributed by atoms with Gasteiger partial charge in [0, 0.05) is 23.3 Å². The van der Waals surface area contributed by atoms with Crippen LogP contribution in [0.1, 0.15) is 20.7 Å². The first kappa shape index (κ1) is 24.8. The Hall–Kier alpha value is -3.83. The number of rotatable bonds is 3. The fraction of sp³-hybridized carbons (Fsp3) is 0.0870. The smallest absolute Gasteiger partial charge is 0.485 e. The van der Waals surface area contributed by atoms with Gasteiger partial charge in [0.05, 0.1) is 16.3 Å². The van der Waals surface area contributed by atoms with Crippen molar-refractivity contribution in [3.63, 3.8) is 0 Å². The van der Waals surface area contributed by atoms with E-state index in [4.69, 9.17) is 13.0 Å². The summed E-state index contributed by atoms with van der Waals surface area (Å²) in [7, 11) is -4.15. The van der Waals surface area contributed by atoms with E-state index in [2.05, 4.69) is 0 Å². The molecule has 0 fully saturated rings. The number of benzene rings is 3. The summed E-state index contributed by atoms with van der Waals surface area (Å²) in [6, 6.07) is 20.5. The van der Waals surface area contributed by atoms with Crippen molar-refractivity contribution in [3.8, 4) is 11.1 Å². The largest absolute Gasteiger partial charge is 0.741 e. The SMILES string of the molecule is C[n+]1c2ccccc2c(-c2ccc(C=O)cc2)c2c(C(=O)O)cccc21.O=S(=O)([O-])C(F)(F)F. The highest BCUT2D eigenvalue weighted by Crippen LogP contribution is 2.35. The van der Waals surface area contributed by atoms with Crippen LogP contribution >= 0.6 is 0 Å². The molecule has 4 aromatic rings. The predicted molar refractivity (Wildman–Crippen MR) is 116 cm³/mol. The molecule has 0 unspecified atom stereocenters. The molecule has 176 valence electrons. The first-order chi connectivity index (χ1) is 15.9. The summed E-state index contributed by atoms with van der Waals surface area (Å²) in [6.07, 6.45) is 0.799. The number of hydrogen-bond donors (Lipinski definition) is 1. The Morgan fingerprint density at radius 2 is 1.53 bits per heavy atom. The van der Waals surface area contributed by atoms with Crippen LogP contribution in [0.5, 0.6) is 0 Å². The second kappa shape index (κ2) is 9.20. The van der Waals surface area contributed by atoms with Crippen molar-refractivity contribution >= 4 is 44.2 Å². The lowest BCUT2D eigenvalue weighted by Gasteiger charge is -2.12. The molecule has 0 saturated carbocycles. The average Bonchev–Trinajstić information content (AvgIpc) is 2.78. The number of aryl methyl sites for hydroxylation is 1. The third kappa shape index (κ3) is 4.75. The van der Waals surface area contributed by atoms with Crippen LogP contribution in [-0.2, 0) is 17.2 Å². The minimum absolute atomic E-state index is 0.262. The molecule has 3 aromatic carbocycles. The molecule has 0 aliphatic heterocycles. The summed E-state index contributed by atoms with van der Waals surface area (Å²) in [5.74, 6) is -0.961. The van der Waals surface area contributed by atoms with Crippen LogP contribution in [0.3, 0.4) is 0 Å². The first-order valence-electron chi connectivity index (χ1n) is 9.51. The summed E-state index contributed by atoms with van der Waals surface area (Å²) in [5, 5.41) is 11.4. The lowest BCUT2D eigenvalue weighted by atomic mass is 9.92. The predicted octanol–water partition coefficient (Wildman–Crippen LogP) is 4.05. The number of carboxylic acid groups (broad SMARTS) is 1. The molecule has 34 heavy (non-hydrogen) atoms. The fourth-order valence-corrected chi connectivity index (χ4v) is 3.53. The molecule has 0 saturated heterocycles. The second-order valence-corrected chi connectivity index (χ2v) is 8.47.